The van der Waals surface area contributed by atoms with Crippen molar-refractivity contribution >= 4 is 42.5 Å². The molecule has 2 aliphatic heterocycles. The number of nitrogens with one attached hydrogen (secondary N) is 2. The van der Waals surface area contributed by atoms with E-state index >= 15 is 4.11 Å². The zero-order valence-corrected chi connectivity index (χ0v) is 25.1. The number of anilines is 2. The molecule has 3 heterocycles. The van der Waals surface area contributed by atoms with E-state index in [4.69, 9.17) is 4.74 Å². The third kappa shape index (κ3) is 4.75. The Balaban J connectivity index is 1.37. The van der Waals surface area contributed by atoms with Crippen molar-refractivity contribution in [2.24, 2.45) is 5.92 Å². The summed E-state index contributed by atoms with van der Waals surface area (Å²) in [7, 11) is -3.31. The van der Waals surface area contributed by atoms with E-state index in [2.05, 4.69) is 10.3 Å². The lowest BCUT2D eigenvalue weighted by atomic mass is 9.82. The molecular formula is C33H36FN3O4Si. The summed E-state index contributed by atoms with van der Waals surface area (Å²) in [4.78, 5) is 32.5. The second-order valence-corrected chi connectivity index (χ2v) is 15.8. The number of aliphatic hydroxyl groups excluding tert-OH is 1. The summed E-state index contributed by atoms with van der Waals surface area (Å²) in [5, 5.41) is 13.8. The van der Waals surface area contributed by atoms with Crippen LogP contribution in [0.3, 0.4) is 0 Å². The van der Waals surface area contributed by atoms with Crippen LogP contribution >= 0.6 is 0 Å². The van der Waals surface area contributed by atoms with Gasteiger partial charge >= 0.3 is 0 Å². The van der Waals surface area contributed by atoms with Crippen molar-refractivity contribution < 1.29 is 23.5 Å². The summed E-state index contributed by atoms with van der Waals surface area (Å²) in [5.74, 6) is -0.891. The molecule has 3 N–H and O–H groups in total. The van der Waals surface area contributed by atoms with Crippen molar-refractivity contribution in [2.75, 3.05) is 16.8 Å². The summed E-state index contributed by atoms with van der Waals surface area (Å²) in [6.45, 7) is 5.36. The third-order valence-corrected chi connectivity index (χ3v) is 11.3. The number of H-pyrrole nitrogens is 1. The van der Waals surface area contributed by atoms with Crippen LogP contribution < -0.4 is 10.2 Å². The number of amides is 2. The Labute approximate surface area is 245 Å². The fourth-order valence-electron chi connectivity index (χ4n) is 7.10. The first-order valence-electron chi connectivity index (χ1n) is 14.5. The van der Waals surface area contributed by atoms with E-state index < -0.39 is 31.6 Å². The van der Waals surface area contributed by atoms with Gasteiger partial charge in [-0.25, -0.2) is 0 Å². The summed E-state index contributed by atoms with van der Waals surface area (Å²) in [6.07, 6.45) is 1.69. The van der Waals surface area contributed by atoms with Crippen LogP contribution in [0.25, 0.3) is 10.9 Å². The van der Waals surface area contributed by atoms with E-state index in [9.17, 15) is 14.7 Å². The molecule has 2 amide bonds. The molecular weight excluding hydrogens is 549 g/mol. The molecule has 1 spiro atoms. The molecule has 42 heavy (non-hydrogen) atoms. The first-order valence-corrected chi connectivity index (χ1v) is 17.4. The van der Waals surface area contributed by atoms with Crippen LogP contribution in [-0.4, -0.2) is 43.0 Å². The minimum Gasteiger partial charge on any atom is -0.396 e. The highest BCUT2D eigenvalue weighted by Gasteiger charge is 2.66. The SMILES string of the molecule is C[C@@H]1[C@@H]([Si](C)(C)F)[C@H](CCO)O[C@@]12C(=O)N(Cc1ccccc1)c1ccc(NC(=O)Cc3c[nH]c4ccccc34)cc12. The molecule has 4 aromatic rings. The molecule has 9 heteroatoms. The maximum Gasteiger partial charge on any atom is 0.264 e. The molecule has 218 valence electrons. The van der Waals surface area contributed by atoms with E-state index in [0.717, 1.165) is 22.0 Å². The molecule has 0 aliphatic carbocycles. The van der Waals surface area contributed by atoms with Gasteiger partial charge in [0.2, 0.25) is 14.3 Å². The van der Waals surface area contributed by atoms with Gasteiger partial charge in [0.1, 0.15) is 0 Å². The Hall–Kier alpha value is -3.79. The lowest BCUT2D eigenvalue weighted by molar-refractivity contribution is -0.146. The molecule has 0 unspecified atom stereocenters. The Morgan fingerprint density at radius 3 is 2.60 bits per heavy atom. The zero-order valence-electron chi connectivity index (χ0n) is 24.1. The van der Waals surface area contributed by atoms with Crippen LogP contribution in [0.4, 0.5) is 15.5 Å². The van der Waals surface area contributed by atoms with E-state index in [1.165, 1.54) is 0 Å². The highest BCUT2D eigenvalue weighted by molar-refractivity contribution is 6.72. The average molecular weight is 586 g/mol. The van der Waals surface area contributed by atoms with Gasteiger partial charge in [-0.1, -0.05) is 55.5 Å². The predicted octanol–water partition coefficient (Wildman–Crippen LogP) is 6.05. The second-order valence-electron chi connectivity index (χ2n) is 12.0. The predicted molar refractivity (Wildman–Crippen MR) is 164 cm³/mol. The van der Waals surface area contributed by atoms with Crippen molar-refractivity contribution in [1.82, 2.24) is 4.98 Å². The van der Waals surface area contributed by atoms with Crippen LogP contribution in [0.1, 0.15) is 30.0 Å². The Kier molecular flexibility index (Phi) is 7.28. The summed E-state index contributed by atoms with van der Waals surface area (Å²) < 4.78 is 22.5. The number of halogens is 1. The van der Waals surface area contributed by atoms with Crippen LogP contribution in [0.2, 0.25) is 18.6 Å². The number of ether oxygens (including phenoxy) is 1. The summed E-state index contributed by atoms with van der Waals surface area (Å²) in [5.41, 5.74) is 2.77. The van der Waals surface area contributed by atoms with E-state index in [-0.39, 0.29) is 31.3 Å². The summed E-state index contributed by atoms with van der Waals surface area (Å²) in [6, 6.07) is 23.0. The minimum atomic E-state index is -3.31. The molecule has 3 aromatic carbocycles. The normalized spacial score (nSPS) is 23.6. The van der Waals surface area contributed by atoms with E-state index in [1.807, 2.05) is 79.9 Å². The maximum absolute atomic E-state index is 15.8. The Morgan fingerprint density at radius 2 is 1.86 bits per heavy atom. The first-order chi connectivity index (χ1) is 20.1. The standard InChI is InChI=1S/C33H36FN3O4Si/c1-21-31(42(2,3)34)29(15-16-38)41-33(21)26-18-24(36-30(39)17-23-19-35-27-12-8-7-11-25(23)27)13-14-28(26)37(32(33)40)20-22-9-5-4-6-10-22/h4-14,18-19,21,29,31,35,38H,15-17,20H2,1-3H3,(H,36,39)/t21-,29+,31-,33+/m1/s1. The monoisotopic (exact) mass is 585 g/mol. The van der Waals surface area contributed by atoms with Crippen molar-refractivity contribution in [3.8, 4) is 0 Å². The van der Waals surface area contributed by atoms with Gasteiger partial charge in [-0.15, -0.1) is 0 Å². The molecule has 2 aliphatic rings. The molecule has 4 atom stereocenters. The van der Waals surface area contributed by atoms with E-state index in [1.54, 1.807) is 24.1 Å². The number of hydrogen-bond acceptors (Lipinski definition) is 4. The molecule has 1 fully saturated rings. The van der Waals surface area contributed by atoms with Crippen molar-refractivity contribution in [1.29, 1.82) is 0 Å². The van der Waals surface area contributed by atoms with Crippen LogP contribution in [0.5, 0.6) is 0 Å². The fourth-order valence-corrected chi connectivity index (χ4v) is 9.64. The van der Waals surface area contributed by atoms with Gasteiger partial charge < -0.3 is 29.2 Å². The minimum absolute atomic E-state index is 0.160. The molecule has 0 bridgehead atoms. The van der Waals surface area contributed by atoms with Crippen molar-refractivity contribution in [3.05, 3.63) is 95.7 Å². The number of aromatic nitrogens is 1. The Bertz CT molecular complexity index is 1640. The largest absolute Gasteiger partial charge is 0.396 e. The number of aliphatic hydroxyl groups is 1. The topological polar surface area (TPSA) is 94.7 Å². The van der Waals surface area contributed by atoms with Gasteiger partial charge in [0.15, 0.2) is 5.60 Å². The average Bonchev–Trinajstić information content (AvgIpc) is 3.57. The Morgan fingerprint density at radius 1 is 1.12 bits per heavy atom. The number of fused-ring (bicyclic) bond motifs is 3. The van der Waals surface area contributed by atoms with Gasteiger partial charge in [0.25, 0.3) is 5.91 Å². The highest BCUT2D eigenvalue weighted by atomic mass is 28.4. The van der Waals surface area contributed by atoms with Gasteiger partial charge in [-0.2, -0.15) is 0 Å². The molecule has 6 rings (SSSR count). The third-order valence-electron chi connectivity index (χ3n) is 8.87. The number of carbonyl (C=O) groups excluding carboxylic acids is 2. The van der Waals surface area contributed by atoms with Gasteiger partial charge in [-0.3, -0.25) is 9.59 Å². The van der Waals surface area contributed by atoms with E-state index in [0.29, 0.717) is 23.5 Å². The number of nitrogens with zero attached hydrogens (tertiary/aromatic N) is 1. The number of carbonyl (C=O) groups is 2. The molecule has 1 aromatic heterocycles. The van der Waals surface area contributed by atoms with Gasteiger partial charge in [0, 0.05) is 46.4 Å². The molecule has 1 saturated heterocycles. The first kappa shape index (κ1) is 28.3. The van der Waals surface area contributed by atoms with Crippen LogP contribution in [0, 0.1) is 5.92 Å². The number of hydrogen-bond donors (Lipinski definition) is 3. The van der Waals surface area contributed by atoms with Gasteiger partial charge in [-0.05, 0) is 54.9 Å². The van der Waals surface area contributed by atoms with Crippen molar-refractivity contribution in [2.45, 2.75) is 56.7 Å². The number of para-hydroxylation sites is 1. The lowest BCUT2D eigenvalue weighted by Crippen LogP contribution is -2.45. The van der Waals surface area contributed by atoms with Crippen LogP contribution in [-0.2, 0) is 32.9 Å². The lowest BCUT2D eigenvalue weighted by Gasteiger charge is -2.31. The number of aromatic amines is 1. The fraction of sp³-hybridized carbons (Fsp3) is 0.333. The highest BCUT2D eigenvalue weighted by Crippen LogP contribution is 2.60. The molecule has 7 nitrogen and oxygen atoms in total. The van der Waals surface area contributed by atoms with Gasteiger partial charge in [0.05, 0.1) is 24.8 Å². The van der Waals surface area contributed by atoms with Crippen LogP contribution in [0.15, 0.2) is 79.0 Å². The number of rotatable bonds is 8. The molecule has 0 saturated carbocycles. The smallest absolute Gasteiger partial charge is 0.264 e. The number of benzene rings is 3. The van der Waals surface area contributed by atoms with Crippen molar-refractivity contribution in [3.63, 3.8) is 0 Å². The summed E-state index contributed by atoms with van der Waals surface area (Å²) >= 11 is 0. The zero-order chi connectivity index (χ0) is 29.6. The molecule has 0 radical (unpaired) electrons. The quantitative estimate of drug-likeness (QED) is 0.173. The maximum atomic E-state index is 15.8. The second kappa shape index (κ2) is 10.8.